The number of benzene rings is 1. The summed E-state index contributed by atoms with van der Waals surface area (Å²) in [5, 5.41) is 3.42. The van der Waals surface area contributed by atoms with E-state index in [9.17, 15) is 26.4 Å². The second-order valence-electron chi connectivity index (χ2n) is 4.49. The van der Waals surface area contributed by atoms with E-state index >= 15 is 0 Å². The molecule has 2 aromatic rings. The number of carbonyl (C=O) groups is 1. The van der Waals surface area contributed by atoms with E-state index in [2.05, 4.69) is 0 Å². The van der Waals surface area contributed by atoms with Crippen molar-refractivity contribution in [2.24, 2.45) is 0 Å². The van der Waals surface area contributed by atoms with E-state index in [-0.39, 0.29) is 9.23 Å². The average Bonchev–Trinajstić information content (AvgIpc) is 3.01. The molecule has 0 atom stereocenters. The van der Waals surface area contributed by atoms with Crippen LogP contribution in [0.4, 0.5) is 18.9 Å². The van der Waals surface area contributed by atoms with Gasteiger partial charge in [-0.2, -0.15) is 13.2 Å². The van der Waals surface area contributed by atoms with Gasteiger partial charge in [-0.1, -0.05) is 17.7 Å². The quantitative estimate of drug-likeness (QED) is 0.811. The van der Waals surface area contributed by atoms with Gasteiger partial charge >= 0.3 is 6.18 Å². The summed E-state index contributed by atoms with van der Waals surface area (Å²) >= 11 is 6.48. The molecule has 0 saturated heterocycles. The lowest BCUT2D eigenvalue weighted by molar-refractivity contribution is -0.137. The minimum atomic E-state index is -4.72. The van der Waals surface area contributed by atoms with Crippen molar-refractivity contribution in [1.82, 2.24) is 4.72 Å². The van der Waals surface area contributed by atoms with Crippen molar-refractivity contribution in [3.05, 3.63) is 46.3 Å². The van der Waals surface area contributed by atoms with Gasteiger partial charge in [0.1, 0.15) is 4.21 Å². The van der Waals surface area contributed by atoms with Crippen LogP contribution in [0.3, 0.4) is 0 Å². The molecule has 0 aliphatic carbocycles. The van der Waals surface area contributed by atoms with Gasteiger partial charge in [0.15, 0.2) is 0 Å². The molecule has 130 valence electrons. The van der Waals surface area contributed by atoms with E-state index in [1.807, 2.05) is 10.0 Å². The van der Waals surface area contributed by atoms with Crippen molar-refractivity contribution in [3.8, 4) is 0 Å². The molecule has 1 heterocycles. The maximum atomic E-state index is 12.9. The Morgan fingerprint density at radius 2 is 1.96 bits per heavy atom. The molecule has 0 radical (unpaired) electrons. The molecule has 5 nitrogen and oxygen atoms in total. The highest BCUT2D eigenvalue weighted by Gasteiger charge is 2.34. The highest BCUT2D eigenvalue weighted by Crippen LogP contribution is 2.36. The van der Waals surface area contributed by atoms with Gasteiger partial charge in [0.2, 0.25) is 5.91 Å². The summed E-state index contributed by atoms with van der Waals surface area (Å²) in [6.07, 6.45) is -4.72. The lowest BCUT2D eigenvalue weighted by Gasteiger charge is -2.14. The molecular formula is C13H10ClF3N2O3S2. The van der Waals surface area contributed by atoms with E-state index in [4.69, 9.17) is 11.6 Å². The topological polar surface area (TPSA) is 75.3 Å². The Hall–Kier alpha value is -1.62. The predicted molar refractivity (Wildman–Crippen MR) is 84.6 cm³/mol. The van der Waals surface area contributed by atoms with Gasteiger partial charge in [-0.05, 0) is 29.6 Å². The third-order valence-electron chi connectivity index (χ3n) is 2.74. The molecule has 0 fully saturated rings. The number of alkyl halides is 3. The number of rotatable bonds is 5. The van der Waals surface area contributed by atoms with Crippen LogP contribution in [0.5, 0.6) is 0 Å². The minimum Gasteiger partial charge on any atom is -0.324 e. The van der Waals surface area contributed by atoms with Crippen LogP contribution in [-0.2, 0) is 21.0 Å². The van der Waals surface area contributed by atoms with Crippen LogP contribution in [0, 0.1) is 0 Å². The third-order valence-corrected chi connectivity index (χ3v) is 5.78. The number of carbonyl (C=O) groups excluding carboxylic acids is 1. The first-order valence-electron chi connectivity index (χ1n) is 6.29. The Labute approximate surface area is 144 Å². The van der Waals surface area contributed by atoms with Crippen molar-refractivity contribution < 1.29 is 26.4 Å². The Morgan fingerprint density at radius 3 is 2.54 bits per heavy atom. The molecule has 0 bridgehead atoms. The van der Waals surface area contributed by atoms with Gasteiger partial charge in [0.25, 0.3) is 10.0 Å². The van der Waals surface area contributed by atoms with Crippen molar-refractivity contribution in [1.29, 1.82) is 0 Å². The SMILES string of the molecule is O=C(CNS(=O)(=O)c1cccs1)Nc1ccc(Cl)cc1C(F)(F)F. The number of amides is 1. The Bertz CT molecular complexity index is 837. The molecule has 2 rings (SSSR count). The average molecular weight is 399 g/mol. The van der Waals surface area contributed by atoms with E-state index < -0.39 is 39.9 Å². The van der Waals surface area contributed by atoms with Crippen LogP contribution >= 0.6 is 22.9 Å². The van der Waals surface area contributed by atoms with E-state index in [1.165, 1.54) is 23.6 Å². The summed E-state index contributed by atoms with van der Waals surface area (Å²) in [7, 11) is -3.89. The molecule has 0 aliphatic rings. The molecule has 11 heteroatoms. The molecule has 1 aromatic carbocycles. The fraction of sp³-hybridized carbons (Fsp3) is 0.154. The maximum Gasteiger partial charge on any atom is 0.418 e. The first-order chi connectivity index (χ1) is 11.1. The number of nitrogens with one attached hydrogen (secondary N) is 2. The van der Waals surface area contributed by atoms with Crippen molar-refractivity contribution in [2.45, 2.75) is 10.4 Å². The summed E-state index contributed by atoms with van der Waals surface area (Å²) in [6, 6.07) is 5.71. The monoisotopic (exact) mass is 398 g/mol. The van der Waals surface area contributed by atoms with E-state index in [1.54, 1.807) is 0 Å². The Balaban J connectivity index is 2.08. The highest BCUT2D eigenvalue weighted by atomic mass is 35.5. The smallest absolute Gasteiger partial charge is 0.324 e. The molecule has 0 spiro atoms. The minimum absolute atomic E-state index is 0.00206. The van der Waals surface area contributed by atoms with Gasteiger partial charge in [-0.3, -0.25) is 4.79 Å². The van der Waals surface area contributed by atoms with Crippen molar-refractivity contribution in [2.75, 3.05) is 11.9 Å². The summed E-state index contributed by atoms with van der Waals surface area (Å²) < 4.78 is 64.5. The summed E-state index contributed by atoms with van der Waals surface area (Å²) in [5.41, 5.74) is -1.63. The lowest BCUT2D eigenvalue weighted by Crippen LogP contribution is -2.33. The fourth-order valence-corrected chi connectivity index (χ4v) is 3.89. The number of hydrogen-bond donors (Lipinski definition) is 2. The van der Waals surface area contributed by atoms with Crippen LogP contribution in [0.25, 0.3) is 0 Å². The van der Waals surface area contributed by atoms with Gasteiger partial charge in [-0.25, -0.2) is 13.1 Å². The molecule has 0 unspecified atom stereocenters. The van der Waals surface area contributed by atoms with Crippen LogP contribution in [-0.4, -0.2) is 20.9 Å². The number of anilines is 1. The third kappa shape index (κ3) is 4.69. The molecule has 2 N–H and O–H groups in total. The zero-order valence-corrected chi connectivity index (χ0v) is 14.1. The number of sulfonamides is 1. The second kappa shape index (κ2) is 7.09. The summed E-state index contributed by atoms with van der Waals surface area (Å²) in [6.45, 7) is -0.708. The largest absolute Gasteiger partial charge is 0.418 e. The van der Waals surface area contributed by atoms with Crippen LogP contribution in [0.2, 0.25) is 5.02 Å². The normalized spacial score (nSPS) is 12.2. The molecule has 0 aliphatic heterocycles. The number of hydrogen-bond acceptors (Lipinski definition) is 4. The van der Waals surface area contributed by atoms with Crippen LogP contribution in [0.15, 0.2) is 39.9 Å². The maximum absolute atomic E-state index is 12.9. The number of halogens is 4. The first kappa shape index (κ1) is 18.7. The number of thiophene rings is 1. The van der Waals surface area contributed by atoms with E-state index in [0.717, 1.165) is 17.4 Å². The van der Waals surface area contributed by atoms with Crippen LogP contribution in [0.1, 0.15) is 5.56 Å². The van der Waals surface area contributed by atoms with Crippen molar-refractivity contribution >= 4 is 44.6 Å². The zero-order valence-electron chi connectivity index (χ0n) is 11.7. The van der Waals surface area contributed by atoms with Crippen LogP contribution < -0.4 is 10.0 Å². The summed E-state index contributed by atoms with van der Waals surface area (Å²) in [5.74, 6) is -0.942. The second-order valence-corrected chi connectivity index (χ2v) is 7.87. The predicted octanol–water partition coefficient (Wildman–Crippen LogP) is 3.34. The molecular weight excluding hydrogens is 389 g/mol. The highest BCUT2D eigenvalue weighted by molar-refractivity contribution is 7.91. The first-order valence-corrected chi connectivity index (χ1v) is 9.03. The van der Waals surface area contributed by atoms with Gasteiger partial charge in [0, 0.05) is 5.02 Å². The van der Waals surface area contributed by atoms with Gasteiger partial charge < -0.3 is 5.32 Å². The zero-order chi connectivity index (χ0) is 18.0. The van der Waals surface area contributed by atoms with Gasteiger partial charge in [0.05, 0.1) is 17.8 Å². The molecule has 0 saturated carbocycles. The fourth-order valence-electron chi connectivity index (χ4n) is 1.70. The molecule has 1 aromatic heterocycles. The van der Waals surface area contributed by atoms with Gasteiger partial charge in [-0.15, -0.1) is 11.3 Å². The van der Waals surface area contributed by atoms with E-state index in [0.29, 0.717) is 6.07 Å². The summed E-state index contributed by atoms with van der Waals surface area (Å²) in [4.78, 5) is 11.8. The molecule has 1 amide bonds. The standard InChI is InChI=1S/C13H10ClF3N2O3S2/c14-8-3-4-10(9(6-8)13(15,16)17)19-11(20)7-18-24(21,22)12-2-1-5-23-12/h1-6,18H,7H2,(H,19,20). The Morgan fingerprint density at radius 1 is 1.25 bits per heavy atom. The Kier molecular flexibility index (Phi) is 5.53. The van der Waals surface area contributed by atoms with Crippen molar-refractivity contribution in [3.63, 3.8) is 0 Å². The molecule has 24 heavy (non-hydrogen) atoms. The lowest BCUT2D eigenvalue weighted by atomic mass is 10.1.